The molecule has 0 radical (unpaired) electrons. The summed E-state index contributed by atoms with van der Waals surface area (Å²) in [5, 5.41) is 7.51. The number of sulfonamides is 1. The minimum Gasteiger partial charge on any atom is -0.465 e. The van der Waals surface area contributed by atoms with Gasteiger partial charge in [-0.25, -0.2) is 13.4 Å². The maximum atomic E-state index is 13.3. The Morgan fingerprint density at radius 3 is 2.59 bits per heavy atom. The fourth-order valence-electron chi connectivity index (χ4n) is 4.17. The van der Waals surface area contributed by atoms with Crippen LogP contribution in [0, 0.1) is 5.41 Å². The maximum absolute atomic E-state index is 13.3. The third-order valence-corrected chi connectivity index (χ3v) is 7.85. The summed E-state index contributed by atoms with van der Waals surface area (Å²) in [6.45, 7) is 2.20. The lowest BCUT2D eigenvalue weighted by Crippen LogP contribution is -2.41. The van der Waals surface area contributed by atoms with Gasteiger partial charge in [-0.05, 0) is 43.5 Å². The first-order valence-corrected chi connectivity index (χ1v) is 12.2. The van der Waals surface area contributed by atoms with Crippen LogP contribution in [0.5, 0.6) is 0 Å². The predicted molar refractivity (Wildman–Crippen MR) is 132 cm³/mol. The van der Waals surface area contributed by atoms with E-state index in [2.05, 4.69) is 4.98 Å². The zero-order valence-corrected chi connectivity index (χ0v) is 20.7. The van der Waals surface area contributed by atoms with Crippen molar-refractivity contribution in [2.45, 2.75) is 37.1 Å². The van der Waals surface area contributed by atoms with Crippen molar-refractivity contribution in [3.63, 3.8) is 0 Å². The number of aryl methyl sites for hydroxylation is 1. The monoisotopic (exact) mass is 505 g/mol. The van der Waals surface area contributed by atoms with Gasteiger partial charge < -0.3 is 15.0 Å². The smallest absolute Gasteiger partial charge is 0.324 e. The lowest BCUT2D eigenvalue weighted by molar-refractivity contribution is -0.146. The number of imidazole rings is 1. The van der Waals surface area contributed by atoms with Crippen LogP contribution in [0.4, 0.5) is 0 Å². The fraction of sp³-hybridized carbons (Fsp3) is 0.348. The van der Waals surface area contributed by atoms with Crippen molar-refractivity contribution in [1.29, 1.82) is 5.41 Å². The normalized spacial score (nSPS) is 16.4. The molecule has 34 heavy (non-hydrogen) atoms. The molecule has 1 unspecified atom stereocenters. The van der Waals surface area contributed by atoms with Gasteiger partial charge in [0.1, 0.15) is 17.7 Å². The standard InChI is InChI=1S/C23H27N5O4S.ClH/c1-3-32-23(29)20-5-4-12-28(20)33(30,31)17-10-11-19-18(14-17)26-21(27(19)2)13-15-6-8-16(9-7-15)22(24)25;/h6-11,14,20H,3-5,12-13H2,1-2H3,(H3,24,25);1H. The summed E-state index contributed by atoms with van der Waals surface area (Å²) < 4.78 is 34.9. The number of fused-ring (bicyclic) bond motifs is 1. The number of aromatic nitrogens is 2. The highest BCUT2D eigenvalue weighted by Crippen LogP contribution is 2.29. The van der Waals surface area contributed by atoms with E-state index in [1.807, 2.05) is 23.7 Å². The van der Waals surface area contributed by atoms with Crippen LogP contribution in [-0.2, 0) is 33.0 Å². The average molecular weight is 506 g/mol. The van der Waals surface area contributed by atoms with E-state index in [-0.39, 0.29) is 36.3 Å². The molecule has 4 rings (SSSR count). The highest BCUT2D eigenvalue weighted by atomic mass is 35.5. The predicted octanol–water partition coefficient (Wildman–Crippen LogP) is 2.59. The number of nitrogen functional groups attached to an aromatic ring is 1. The molecule has 0 amide bonds. The SMILES string of the molecule is CCOC(=O)C1CCCN1S(=O)(=O)c1ccc2c(c1)nc(Cc1ccc(C(=N)N)cc1)n2C.Cl. The second kappa shape index (κ2) is 10.1. The molecule has 1 aromatic heterocycles. The van der Waals surface area contributed by atoms with E-state index >= 15 is 0 Å². The number of esters is 1. The van der Waals surface area contributed by atoms with Crippen molar-refractivity contribution in [2.75, 3.05) is 13.2 Å². The van der Waals surface area contributed by atoms with E-state index in [9.17, 15) is 13.2 Å². The topological polar surface area (TPSA) is 131 Å². The molecule has 1 fully saturated rings. The van der Waals surface area contributed by atoms with Crippen LogP contribution >= 0.6 is 12.4 Å². The molecule has 2 aromatic carbocycles. The molecule has 0 bridgehead atoms. The van der Waals surface area contributed by atoms with Gasteiger partial charge in [0.25, 0.3) is 0 Å². The molecular formula is C23H28ClN5O4S. The van der Waals surface area contributed by atoms with E-state index in [0.717, 1.165) is 16.9 Å². The molecule has 9 nitrogen and oxygen atoms in total. The van der Waals surface area contributed by atoms with E-state index in [1.54, 1.807) is 37.3 Å². The van der Waals surface area contributed by atoms with Gasteiger partial charge in [-0.3, -0.25) is 10.2 Å². The largest absolute Gasteiger partial charge is 0.465 e. The third-order valence-electron chi connectivity index (χ3n) is 5.94. The molecule has 11 heteroatoms. The molecule has 3 N–H and O–H groups in total. The van der Waals surface area contributed by atoms with Gasteiger partial charge in [0.15, 0.2) is 0 Å². The highest BCUT2D eigenvalue weighted by molar-refractivity contribution is 7.89. The first kappa shape index (κ1) is 25.7. The summed E-state index contributed by atoms with van der Waals surface area (Å²) in [5.41, 5.74) is 8.55. The van der Waals surface area contributed by atoms with Gasteiger partial charge in [0.05, 0.1) is 22.5 Å². The summed E-state index contributed by atoms with van der Waals surface area (Å²) in [6, 6.07) is 11.5. The van der Waals surface area contributed by atoms with Crippen LogP contribution in [0.1, 0.15) is 36.7 Å². The number of halogens is 1. The first-order chi connectivity index (χ1) is 15.7. The van der Waals surface area contributed by atoms with Crippen molar-refractivity contribution in [3.05, 3.63) is 59.4 Å². The molecule has 0 spiro atoms. The summed E-state index contributed by atoms with van der Waals surface area (Å²) in [7, 11) is -1.98. The Kier molecular flexibility index (Phi) is 7.64. The Morgan fingerprint density at radius 1 is 1.24 bits per heavy atom. The number of hydrogen-bond donors (Lipinski definition) is 2. The van der Waals surface area contributed by atoms with Crippen molar-refractivity contribution in [3.8, 4) is 0 Å². The van der Waals surface area contributed by atoms with Crippen molar-refractivity contribution in [1.82, 2.24) is 13.9 Å². The minimum absolute atomic E-state index is 0. The fourth-order valence-corrected chi connectivity index (χ4v) is 5.84. The second-order valence-electron chi connectivity index (χ2n) is 8.05. The molecule has 1 saturated heterocycles. The van der Waals surface area contributed by atoms with Gasteiger partial charge in [0.2, 0.25) is 10.0 Å². The Morgan fingerprint density at radius 2 is 1.94 bits per heavy atom. The Bertz CT molecular complexity index is 1320. The molecular weight excluding hydrogens is 478 g/mol. The number of benzene rings is 2. The zero-order valence-electron chi connectivity index (χ0n) is 19.0. The summed E-state index contributed by atoms with van der Waals surface area (Å²) in [6.07, 6.45) is 1.61. The van der Waals surface area contributed by atoms with E-state index < -0.39 is 22.0 Å². The van der Waals surface area contributed by atoms with E-state index in [0.29, 0.717) is 30.3 Å². The number of nitrogens with zero attached hydrogens (tertiary/aromatic N) is 3. The van der Waals surface area contributed by atoms with Gasteiger partial charge in [-0.2, -0.15) is 4.31 Å². The lowest BCUT2D eigenvalue weighted by atomic mass is 10.1. The number of hydrogen-bond acceptors (Lipinski definition) is 6. The Hall–Kier alpha value is -2.95. The van der Waals surface area contributed by atoms with Crippen LogP contribution in [-0.4, -0.2) is 53.3 Å². The van der Waals surface area contributed by atoms with Crippen LogP contribution in [0.3, 0.4) is 0 Å². The van der Waals surface area contributed by atoms with E-state index in [1.165, 1.54) is 4.31 Å². The minimum atomic E-state index is -3.87. The van der Waals surface area contributed by atoms with Gasteiger partial charge in [-0.1, -0.05) is 24.3 Å². The molecule has 0 saturated carbocycles. The van der Waals surface area contributed by atoms with Gasteiger partial charge >= 0.3 is 5.97 Å². The number of rotatable bonds is 7. The molecule has 3 aromatic rings. The molecule has 182 valence electrons. The molecule has 0 aliphatic carbocycles. The number of nitrogens with one attached hydrogen (secondary N) is 1. The average Bonchev–Trinajstić information content (AvgIpc) is 3.40. The van der Waals surface area contributed by atoms with Crippen LogP contribution < -0.4 is 5.73 Å². The summed E-state index contributed by atoms with van der Waals surface area (Å²) in [5.74, 6) is 0.289. The Labute approximate surface area is 204 Å². The quantitative estimate of drug-likeness (QED) is 0.288. The number of amidine groups is 1. The molecule has 1 atom stereocenters. The van der Waals surface area contributed by atoms with Crippen LogP contribution in [0.25, 0.3) is 11.0 Å². The highest BCUT2D eigenvalue weighted by Gasteiger charge is 2.40. The first-order valence-electron chi connectivity index (χ1n) is 10.8. The number of carbonyl (C=O) groups excluding carboxylic acids is 1. The Balaban J connectivity index is 0.00000324. The summed E-state index contributed by atoms with van der Waals surface area (Å²) >= 11 is 0. The van der Waals surface area contributed by atoms with Crippen molar-refractivity contribution >= 4 is 45.3 Å². The molecule has 1 aliphatic heterocycles. The van der Waals surface area contributed by atoms with Gasteiger partial charge in [-0.15, -0.1) is 12.4 Å². The van der Waals surface area contributed by atoms with Crippen LogP contribution in [0.15, 0.2) is 47.4 Å². The van der Waals surface area contributed by atoms with Crippen molar-refractivity contribution < 1.29 is 17.9 Å². The summed E-state index contributed by atoms with van der Waals surface area (Å²) in [4.78, 5) is 17.0. The number of ether oxygens (including phenoxy) is 1. The number of nitrogens with two attached hydrogens (primary N) is 1. The second-order valence-corrected chi connectivity index (χ2v) is 9.94. The van der Waals surface area contributed by atoms with Crippen LogP contribution in [0.2, 0.25) is 0 Å². The number of carbonyl (C=O) groups is 1. The third kappa shape index (κ3) is 4.79. The van der Waals surface area contributed by atoms with E-state index in [4.69, 9.17) is 15.9 Å². The van der Waals surface area contributed by atoms with Crippen molar-refractivity contribution in [2.24, 2.45) is 12.8 Å². The molecule has 1 aliphatic rings. The maximum Gasteiger partial charge on any atom is 0.324 e. The van der Waals surface area contributed by atoms with Gasteiger partial charge in [0, 0.05) is 25.6 Å². The molecule has 2 heterocycles. The zero-order chi connectivity index (χ0) is 23.8. The lowest BCUT2D eigenvalue weighted by Gasteiger charge is -2.22.